The molecule has 0 saturated carbocycles. The van der Waals surface area contributed by atoms with Gasteiger partial charge in [0.05, 0.1) is 7.11 Å². The fraction of sp³-hybridized carbons (Fsp3) is 0.116. The standard InChI is InChI=1S/C22H19BrO4.C21H17BrO4/c1-25-22(24)21-19(23)12-18(26-14-16-8-4-2-5-9-16)13-20(21)27-15-17-10-6-3-7-11-17;22-18-11-17(25-13-15-7-3-1-4-8-15)12-19(20(18)21(23)24)26-14-16-9-5-2-6-10-16/h2-13H,14-15H2,1H3;1-12H,13-14H2,(H,23,24). The maximum absolute atomic E-state index is 12.2. The van der Waals surface area contributed by atoms with Crippen molar-refractivity contribution in [1.29, 1.82) is 0 Å². The topological polar surface area (TPSA) is 101 Å². The third-order valence-corrected chi connectivity index (χ3v) is 8.88. The summed E-state index contributed by atoms with van der Waals surface area (Å²) in [5.74, 6) is 0.270. The SMILES string of the molecule is COC(=O)c1c(Br)cc(OCc2ccccc2)cc1OCc1ccccc1.O=C(O)c1c(Br)cc(OCc2ccccc2)cc1OCc1ccccc1. The van der Waals surface area contributed by atoms with E-state index in [0.29, 0.717) is 51.6 Å². The highest BCUT2D eigenvalue weighted by Crippen LogP contribution is 2.35. The Hall–Kier alpha value is -5.58. The molecule has 270 valence electrons. The number of methoxy groups -OCH3 is 1. The van der Waals surface area contributed by atoms with Gasteiger partial charge in [0.15, 0.2) is 0 Å². The molecule has 0 saturated heterocycles. The largest absolute Gasteiger partial charge is 0.489 e. The Morgan fingerprint density at radius 2 is 0.811 bits per heavy atom. The Balaban J connectivity index is 0.000000204. The summed E-state index contributed by atoms with van der Waals surface area (Å²) in [6.45, 7) is 1.41. The second-order valence-electron chi connectivity index (χ2n) is 11.5. The Bertz CT molecular complexity index is 2080. The average Bonchev–Trinajstić information content (AvgIpc) is 3.19. The molecule has 0 radical (unpaired) electrons. The third kappa shape index (κ3) is 11.7. The Kier molecular flexibility index (Phi) is 14.5. The summed E-state index contributed by atoms with van der Waals surface area (Å²) in [5, 5.41) is 9.49. The Labute approximate surface area is 325 Å². The molecule has 10 heteroatoms. The number of carbonyl (C=O) groups is 2. The maximum Gasteiger partial charge on any atom is 0.342 e. The fourth-order valence-electron chi connectivity index (χ4n) is 4.97. The summed E-state index contributed by atoms with van der Waals surface area (Å²) in [7, 11) is 1.34. The predicted octanol–water partition coefficient (Wildman–Crippen LogP) is 10.7. The van der Waals surface area contributed by atoms with E-state index in [1.807, 2.05) is 121 Å². The van der Waals surface area contributed by atoms with Crippen molar-refractivity contribution >= 4 is 43.8 Å². The van der Waals surface area contributed by atoms with E-state index in [-0.39, 0.29) is 17.9 Å². The van der Waals surface area contributed by atoms with Gasteiger partial charge >= 0.3 is 11.9 Å². The molecule has 0 bridgehead atoms. The normalized spacial score (nSPS) is 10.3. The number of carboxylic acids is 1. The number of halogens is 2. The van der Waals surface area contributed by atoms with E-state index in [1.165, 1.54) is 7.11 Å². The zero-order chi connectivity index (χ0) is 37.4. The first-order valence-electron chi connectivity index (χ1n) is 16.5. The van der Waals surface area contributed by atoms with E-state index in [9.17, 15) is 14.7 Å². The number of esters is 1. The maximum atomic E-state index is 12.2. The van der Waals surface area contributed by atoms with E-state index in [1.54, 1.807) is 24.3 Å². The van der Waals surface area contributed by atoms with Gasteiger partial charge in [-0.15, -0.1) is 0 Å². The number of benzene rings is 6. The molecule has 0 fully saturated rings. The zero-order valence-corrected chi connectivity index (χ0v) is 31.9. The number of aromatic carboxylic acids is 1. The Morgan fingerprint density at radius 1 is 0.491 bits per heavy atom. The predicted molar refractivity (Wildman–Crippen MR) is 210 cm³/mol. The van der Waals surface area contributed by atoms with Gasteiger partial charge in [0.1, 0.15) is 60.6 Å². The lowest BCUT2D eigenvalue weighted by atomic mass is 10.2. The van der Waals surface area contributed by atoms with Crippen molar-refractivity contribution in [3.63, 3.8) is 0 Å². The van der Waals surface area contributed by atoms with Gasteiger partial charge in [0.2, 0.25) is 0 Å². The fourth-order valence-corrected chi connectivity index (χ4v) is 6.14. The molecule has 6 aromatic carbocycles. The van der Waals surface area contributed by atoms with Crippen LogP contribution in [0.25, 0.3) is 0 Å². The molecule has 0 spiro atoms. The van der Waals surface area contributed by atoms with Crippen LogP contribution in [0.5, 0.6) is 23.0 Å². The van der Waals surface area contributed by atoms with Crippen LogP contribution in [0.1, 0.15) is 43.0 Å². The summed E-state index contributed by atoms with van der Waals surface area (Å²) in [4.78, 5) is 23.8. The zero-order valence-electron chi connectivity index (χ0n) is 28.7. The first-order valence-corrected chi connectivity index (χ1v) is 18.0. The third-order valence-electron chi connectivity index (χ3n) is 7.63. The van der Waals surface area contributed by atoms with Crippen LogP contribution in [0.2, 0.25) is 0 Å². The van der Waals surface area contributed by atoms with E-state index < -0.39 is 11.9 Å². The van der Waals surface area contributed by atoms with Crippen LogP contribution in [0.4, 0.5) is 0 Å². The smallest absolute Gasteiger partial charge is 0.342 e. The molecule has 0 amide bonds. The van der Waals surface area contributed by atoms with Crippen LogP contribution in [0.3, 0.4) is 0 Å². The average molecular weight is 841 g/mol. The van der Waals surface area contributed by atoms with Gasteiger partial charge in [-0.3, -0.25) is 0 Å². The highest BCUT2D eigenvalue weighted by atomic mass is 79.9. The summed E-state index contributed by atoms with van der Waals surface area (Å²) >= 11 is 6.74. The number of carbonyl (C=O) groups excluding carboxylic acids is 1. The lowest BCUT2D eigenvalue weighted by Crippen LogP contribution is -2.08. The number of carboxylic acid groups (broad SMARTS) is 1. The summed E-state index contributed by atoms with van der Waals surface area (Å²) in [6.07, 6.45) is 0. The van der Waals surface area contributed by atoms with Gasteiger partial charge < -0.3 is 28.8 Å². The number of ether oxygens (including phenoxy) is 5. The molecule has 0 aliphatic rings. The van der Waals surface area contributed by atoms with Crippen molar-refractivity contribution in [2.45, 2.75) is 26.4 Å². The van der Waals surface area contributed by atoms with Crippen LogP contribution < -0.4 is 18.9 Å². The van der Waals surface area contributed by atoms with E-state index in [0.717, 1.165) is 22.3 Å². The molecule has 0 aliphatic carbocycles. The van der Waals surface area contributed by atoms with E-state index >= 15 is 0 Å². The quantitative estimate of drug-likeness (QED) is 0.108. The molecule has 0 atom stereocenters. The summed E-state index contributed by atoms with van der Waals surface area (Å²) in [5.41, 5.74) is 4.44. The highest BCUT2D eigenvalue weighted by Gasteiger charge is 2.20. The van der Waals surface area contributed by atoms with Crippen LogP contribution in [0, 0.1) is 0 Å². The summed E-state index contributed by atoms with van der Waals surface area (Å²) < 4.78 is 29.2. The lowest BCUT2D eigenvalue weighted by molar-refractivity contribution is 0.0593. The molecular weight excluding hydrogens is 804 g/mol. The second-order valence-corrected chi connectivity index (χ2v) is 13.2. The minimum absolute atomic E-state index is 0.0768. The molecule has 0 aliphatic heterocycles. The molecule has 0 heterocycles. The minimum Gasteiger partial charge on any atom is -0.489 e. The molecule has 0 aromatic heterocycles. The molecule has 0 unspecified atom stereocenters. The van der Waals surface area contributed by atoms with E-state index in [2.05, 4.69) is 31.9 Å². The number of rotatable bonds is 14. The molecule has 53 heavy (non-hydrogen) atoms. The summed E-state index contributed by atoms with van der Waals surface area (Å²) in [6, 6.07) is 45.6. The van der Waals surface area contributed by atoms with E-state index in [4.69, 9.17) is 23.7 Å². The number of hydrogen-bond donors (Lipinski definition) is 1. The first-order chi connectivity index (χ1) is 25.8. The first kappa shape index (κ1) is 38.6. The van der Waals surface area contributed by atoms with Crippen LogP contribution in [0.15, 0.2) is 155 Å². The van der Waals surface area contributed by atoms with Crippen molar-refractivity contribution in [3.05, 3.63) is 188 Å². The van der Waals surface area contributed by atoms with Crippen LogP contribution in [-0.2, 0) is 31.2 Å². The van der Waals surface area contributed by atoms with Crippen molar-refractivity contribution in [2.24, 2.45) is 0 Å². The number of hydrogen-bond acceptors (Lipinski definition) is 7. The van der Waals surface area contributed by atoms with Gasteiger partial charge in [-0.05, 0) is 66.2 Å². The van der Waals surface area contributed by atoms with Crippen molar-refractivity contribution < 1.29 is 38.4 Å². The molecule has 6 rings (SSSR count). The van der Waals surface area contributed by atoms with Crippen LogP contribution in [-0.4, -0.2) is 24.2 Å². The van der Waals surface area contributed by atoms with Crippen molar-refractivity contribution in [1.82, 2.24) is 0 Å². The van der Waals surface area contributed by atoms with Gasteiger partial charge in [-0.2, -0.15) is 0 Å². The minimum atomic E-state index is -1.06. The molecular formula is C43H36Br2O8. The van der Waals surface area contributed by atoms with Crippen molar-refractivity contribution in [2.75, 3.05) is 7.11 Å². The van der Waals surface area contributed by atoms with Crippen LogP contribution >= 0.6 is 31.9 Å². The second kappa shape index (κ2) is 19.9. The molecule has 1 N–H and O–H groups in total. The Morgan fingerprint density at radius 3 is 1.15 bits per heavy atom. The lowest BCUT2D eigenvalue weighted by Gasteiger charge is -2.15. The van der Waals surface area contributed by atoms with Gasteiger partial charge in [0, 0.05) is 21.1 Å². The van der Waals surface area contributed by atoms with Gasteiger partial charge in [-0.1, -0.05) is 121 Å². The van der Waals surface area contributed by atoms with Crippen molar-refractivity contribution in [3.8, 4) is 23.0 Å². The molecule has 6 aromatic rings. The molecule has 8 nitrogen and oxygen atoms in total. The highest BCUT2D eigenvalue weighted by molar-refractivity contribution is 9.10. The van der Waals surface area contributed by atoms with Gasteiger partial charge in [-0.25, -0.2) is 9.59 Å². The monoisotopic (exact) mass is 838 g/mol. The van der Waals surface area contributed by atoms with Gasteiger partial charge in [0.25, 0.3) is 0 Å².